The smallest absolute Gasteiger partial charge is 0.293 e. The third kappa shape index (κ3) is 7.87. The minimum absolute atomic E-state index is 0.0450. The first-order valence-corrected chi connectivity index (χ1v) is 16.8. The second-order valence-electron chi connectivity index (χ2n) is 12.8. The first kappa shape index (κ1) is 35.4. The van der Waals surface area contributed by atoms with Crippen molar-refractivity contribution >= 4 is 23.8 Å². The molecule has 1 amide bonds. The Labute approximate surface area is 289 Å². The van der Waals surface area contributed by atoms with Gasteiger partial charge in [0.05, 0.1) is 23.1 Å². The summed E-state index contributed by atoms with van der Waals surface area (Å²) >= 11 is 0. The molecule has 2 heterocycles. The molecule has 2 unspecified atom stereocenters. The number of carbonyl (C=O) groups excluding carboxylic acids is 2. The Morgan fingerprint density at radius 3 is 2.59 bits per heavy atom. The summed E-state index contributed by atoms with van der Waals surface area (Å²) < 4.78 is 11.2. The lowest BCUT2D eigenvalue weighted by Crippen LogP contribution is -2.39. The van der Waals surface area contributed by atoms with E-state index in [0.29, 0.717) is 38.4 Å². The summed E-state index contributed by atoms with van der Waals surface area (Å²) in [5, 5.41) is 1.63. The number of hydrogen-bond acceptors (Lipinski definition) is 9. The number of ether oxygens (including phenoxy) is 2. The quantitative estimate of drug-likeness (QED) is 0.0823. The number of nitrogen functional groups attached to an aromatic ring is 1. The van der Waals surface area contributed by atoms with Crippen molar-refractivity contribution in [3.8, 4) is 5.75 Å². The number of rotatable bonds is 13. The molecule has 0 saturated carbocycles. The molecule has 0 saturated heterocycles. The average molecular weight is 665 g/mol. The largest absolute Gasteiger partial charge is 0.490 e. The predicted molar refractivity (Wildman–Crippen MR) is 193 cm³/mol. The number of nitrogens with two attached hydrogens (primary N) is 2. The van der Waals surface area contributed by atoms with Gasteiger partial charge in [-0.1, -0.05) is 61.5 Å². The van der Waals surface area contributed by atoms with Crippen LogP contribution in [0.15, 0.2) is 79.0 Å². The molecule has 10 nitrogen and oxygen atoms in total. The Hall–Kier alpha value is -4.93. The van der Waals surface area contributed by atoms with Gasteiger partial charge in [0.25, 0.3) is 6.47 Å². The van der Waals surface area contributed by atoms with E-state index in [2.05, 4.69) is 35.0 Å². The lowest BCUT2D eigenvalue weighted by Gasteiger charge is -2.34. The van der Waals surface area contributed by atoms with E-state index in [0.717, 1.165) is 57.1 Å². The molecule has 1 aliphatic heterocycles. The number of benzene rings is 3. The Morgan fingerprint density at radius 2 is 1.86 bits per heavy atom. The first-order valence-electron chi connectivity index (χ1n) is 16.8. The molecule has 1 aromatic heterocycles. The van der Waals surface area contributed by atoms with Crippen LogP contribution in [0, 0.1) is 19.8 Å². The number of aromatic nitrogens is 1. The highest BCUT2D eigenvalue weighted by Crippen LogP contribution is 2.40. The fraction of sp³-hybridized carbons (Fsp3) is 0.359. The molecule has 0 aliphatic carbocycles. The van der Waals surface area contributed by atoms with Crippen LogP contribution < -0.4 is 21.3 Å². The van der Waals surface area contributed by atoms with Crippen LogP contribution in [0.5, 0.6) is 5.75 Å². The highest BCUT2D eigenvalue weighted by atomic mass is 16.5. The van der Waals surface area contributed by atoms with Crippen LogP contribution in [-0.2, 0) is 27.4 Å². The van der Waals surface area contributed by atoms with Gasteiger partial charge in [-0.3, -0.25) is 19.5 Å². The normalized spacial score (nSPS) is 14.8. The van der Waals surface area contributed by atoms with Gasteiger partial charge in [0.2, 0.25) is 5.91 Å². The summed E-state index contributed by atoms with van der Waals surface area (Å²) in [6.07, 6.45) is 1.80. The zero-order valence-corrected chi connectivity index (χ0v) is 29.1. The number of anilines is 2. The Kier molecular flexibility index (Phi) is 11.5. The number of likely N-dealkylation sites (N-methyl/N-ethyl adjacent to an activating group) is 1. The number of hydrazine groups is 1. The highest BCUT2D eigenvalue weighted by Gasteiger charge is 2.34. The number of nitrogens with zero attached hydrogens (tertiary/aromatic N) is 4. The second kappa shape index (κ2) is 16.0. The maximum Gasteiger partial charge on any atom is 0.293 e. The molecule has 4 N–H and O–H groups in total. The van der Waals surface area contributed by atoms with Crippen molar-refractivity contribution in [1.29, 1.82) is 0 Å². The lowest BCUT2D eigenvalue weighted by atomic mass is 9.77. The highest BCUT2D eigenvalue weighted by molar-refractivity contribution is 5.81. The predicted octanol–water partition coefficient (Wildman–Crippen LogP) is 5.52. The van der Waals surface area contributed by atoms with Crippen LogP contribution in [0.2, 0.25) is 0 Å². The number of fused-ring (bicyclic) bond motifs is 1. The SMILES string of the molecule is CCN(N)c1ccc(C(c2ccc(C)c(CN3CCOc4cccnc4C3)c2)C(C)C(=O)N(C)[C@@H](COC=O)c2ccccc2)c(C)c1N. The topological polar surface area (TPSA) is 127 Å². The summed E-state index contributed by atoms with van der Waals surface area (Å²) in [7, 11) is 1.77. The van der Waals surface area contributed by atoms with Crippen LogP contribution >= 0.6 is 0 Å². The Morgan fingerprint density at radius 1 is 1.08 bits per heavy atom. The molecule has 0 fully saturated rings. The Balaban J connectivity index is 1.55. The number of pyridine rings is 1. The maximum atomic E-state index is 14.5. The van der Waals surface area contributed by atoms with Gasteiger partial charge in [-0.15, -0.1) is 0 Å². The molecule has 5 rings (SSSR count). The van der Waals surface area contributed by atoms with E-state index in [4.69, 9.17) is 21.1 Å². The summed E-state index contributed by atoms with van der Waals surface area (Å²) in [6, 6.07) is 23.5. The Bertz CT molecular complexity index is 1750. The molecule has 0 radical (unpaired) electrons. The van der Waals surface area contributed by atoms with Crippen molar-refractivity contribution in [3.63, 3.8) is 0 Å². The molecule has 3 aromatic carbocycles. The van der Waals surface area contributed by atoms with E-state index in [1.54, 1.807) is 23.2 Å². The summed E-state index contributed by atoms with van der Waals surface area (Å²) in [4.78, 5) is 34.4. The average Bonchev–Trinajstić information content (AvgIpc) is 3.33. The molecule has 1 aliphatic rings. The minimum Gasteiger partial charge on any atom is -0.490 e. The van der Waals surface area contributed by atoms with Crippen LogP contribution in [0.25, 0.3) is 0 Å². The minimum atomic E-state index is -0.505. The van der Waals surface area contributed by atoms with Gasteiger partial charge in [0.1, 0.15) is 19.0 Å². The van der Waals surface area contributed by atoms with E-state index in [1.807, 2.05) is 75.4 Å². The van der Waals surface area contributed by atoms with E-state index < -0.39 is 12.0 Å². The molecular formula is C39H48N6O4. The van der Waals surface area contributed by atoms with E-state index >= 15 is 0 Å². The van der Waals surface area contributed by atoms with Crippen molar-refractivity contribution in [3.05, 3.63) is 118 Å². The van der Waals surface area contributed by atoms with Crippen molar-refractivity contribution in [2.75, 3.05) is 44.1 Å². The second-order valence-corrected chi connectivity index (χ2v) is 12.8. The van der Waals surface area contributed by atoms with Crippen molar-refractivity contribution in [2.45, 2.75) is 52.7 Å². The molecule has 0 bridgehead atoms. The third-order valence-electron chi connectivity index (χ3n) is 9.74. The van der Waals surface area contributed by atoms with Gasteiger partial charge in [-0.05, 0) is 72.4 Å². The molecule has 0 spiro atoms. The number of hydrogen-bond donors (Lipinski definition) is 2. The molecule has 4 aromatic rings. The van der Waals surface area contributed by atoms with Crippen molar-refractivity contribution in [2.24, 2.45) is 11.8 Å². The first-order chi connectivity index (χ1) is 23.6. The summed E-state index contributed by atoms with van der Waals surface area (Å²) in [5.41, 5.74) is 15.0. The van der Waals surface area contributed by atoms with Crippen LogP contribution in [0.4, 0.5) is 11.4 Å². The van der Waals surface area contributed by atoms with Crippen LogP contribution in [0.1, 0.15) is 64.9 Å². The van der Waals surface area contributed by atoms with Gasteiger partial charge in [0.15, 0.2) is 0 Å². The molecule has 3 atom stereocenters. The van der Waals surface area contributed by atoms with Crippen molar-refractivity contribution in [1.82, 2.24) is 14.8 Å². The van der Waals surface area contributed by atoms with Gasteiger partial charge < -0.3 is 25.1 Å². The number of aryl methyl sites for hydroxylation is 1. The number of carbonyl (C=O) groups is 2. The van der Waals surface area contributed by atoms with Gasteiger partial charge in [0, 0.05) is 51.3 Å². The molecule has 258 valence electrons. The fourth-order valence-electron chi connectivity index (χ4n) is 6.76. The van der Waals surface area contributed by atoms with E-state index in [1.165, 1.54) is 0 Å². The van der Waals surface area contributed by atoms with Crippen LogP contribution in [-0.4, -0.2) is 60.5 Å². The zero-order chi connectivity index (χ0) is 35.1. The van der Waals surface area contributed by atoms with Gasteiger partial charge in [-0.25, -0.2) is 5.84 Å². The monoisotopic (exact) mass is 664 g/mol. The summed E-state index contributed by atoms with van der Waals surface area (Å²) in [5.74, 6) is 6.18. The molecule has 49 heavy (non-hydrogen) atoms. The lowest BCUT2D eigenvalue weighted by molar-refractivity contribution is -0.141. The zero-order valence-electron chi connectivity index (χ0n) is 29.1. The third-order valence-corrected chi connectivity index (χ3v) is 9.74. The summed E-state index contributed by atoms with van der Waals surface area (Å²) in [6.45, 7) is 11.8. The maximum absolute atomic E-state index is 14.5. The van der Waals surface area contributed by atoms with Crippen LogP contribution in [0.3, 0.4) is 0 Å². The number of amides is 1. The van der Waals surface area contributed by atoms with E-state index in [9.17, 15) is 9.59 Å². The van der Waals surface area contributed by atoms with Crippen molar-refractivity contribution < 1.29 is 19.1 Å². The standard InChI is InChI=1S/C39H48N6O4/c1-6-45(41)34-17-16-32(27(3)38(34)40)37(28(4)39(47)43(5)35(24-48-25-46)29-11-8-7-9-12-29)30-15-14-26(2)31(21-30)22-44-19-20-49-36-13-10-18-42-33(36)23-44/h7-18,21,25,28,35,37H,6,19-20,22-24,40-41H2,1-5H3/t28?,35-,37?/m0/s1. The fourth-order valence-corrected chi connectivity index (χ4v) is 6.76. The van der Waals surface area contributed by atoms with Gasteiger partial charge in [-0.2, -0.15) is 0 Å². The van der Waals surface area contributed by atoms with E-state index in [-0.39, 0.29) is 18.4 Å². The van der Waals surface area contributed by atoms with Gasteiger partial charge >= 0.3 is 0 Å². The molecular weight excluding hydrogens is 616 g/mol. The molecule has 10 heteroatoms.